The third-order valence-electron chi connectivity index (χ3n) is 4.96. The number of aryl methyl sites for hydroxylation is 3. The number of fused-ring (bicyclic) bond motifs is 1. The highest BCUT2D eigenvalue weighted by Gasteiger charge is 2.22. The van der Waals surface area contributed by atoms with E-state index in [4.69, 9.17) is 0 Å². The molecule has 0 radical (unpaired) electrons. The number of carbonyl (C=O) groups is 1. The fourth-order valence-corrected chi connectivity index (χ4v) is 3.49. The van der Waals surface area contributed by atoms with Crippen molar-refractivity contribution in [3.8, 4) is 0 Å². The summed E-state index contributed by atoms with van der Waals surface area (Å²) in [6, 6.07) is 8.42. The molecule has 5 nitrogen and oxygen atoms in total. The van der Waals surface area contributed by atoms with Gasteiger partial charge in [0.15, 0.2) is 0 Å². The number of hydrogen-bond acceptors (Lipinski definition) is 3. The van der Waals surface area contributed by atoms with Crippen LogP contribution in [-0.2, 0) is 13.5 Å². The summed E-state index contributed by atoms with van der Waals surface area (Å²) in [7, 11) is 1.57. The fraction of sp³-hybridized carbons (Fsp3) is 0.421. The quantitative estimate of drug-likeness (QED) is 0.941. The van der Waals surface area contributed by atoms with Gasteiger partial charge >= 0.3 is 0 Å². The molecule has 1 amide bonds. The molecule has 1 atom stereocenters. The first-order chi connectivity index (χ1) is 11.5. The van der Waals surface area contributed by atoms with Gasteiger partial charge in [-0.3, -0.25) is 9.59 Å². The molecule has 1 aromatic heterocycles. The zero-order valence-electron chi connectivity index (χ0n) is 14.4. The van der Waals surface area contributed by atoms with Crippen LogP contribution in [0, 0.1) is 13.8 Å². The maximum atomic E-state index is 12.6. The molecule has 126 valence electrons. The summed E-state index contributed by atoms with van der Waals surface area (Å²) in [5, 5.41) is 7.09. The average molecular weight is 325 g/mol. The number of carbonyl (C=O) groups excluding carboxylic acids is 1. The number of aromatic nitrogens is 2. The molecule has 1 aliphatic carbocycles. The summed E-state index contributed by atoms with van der Waals surface area (Å²) < 4.78 is 1.23. The van der Waals surface area contributed by atoms with E-state index >= 15 is 0 Å². The summed E-state index contributed by atoms with van der Waals surface area (Å²) in [5.41, 5.74) is 3.90. The Hall–Kier alpha value is -2.43. The van der Waals surface area contributed by atoms with Gasteiger partial charge < -0.3 is 5.32 Å². The molecule has 0 aliphatic heterocycles. The summed E-state index contributed by atoms with van der Waals surface area (Å²) >= 11 is 0. The van der Waals surface area contributed by atoms with E-state index in [1.54, 1.807) is 14.0 Å². The first-order valence-electron chi connectivity index (χ1n) is 8.39. The summed E-state index contributed by atoms with van der Waals surface area (Å²) in [5.74, 6) is 0.00708. The lowest BCUT2D eigenvalue weighted by atomic mass is 9.83. The number of benzene rings is 1. The van der Waals surface area contributed by atoms with Gasteiger partial charge in [-0.1, -0.05) is 24.3 Å². The maximum Gasteiger partial charge on any atom is 0.279 e. The van der Waals surface area contributed by atoms with Crippen LogP contribution in [0.4, 0.5) is 0 Å². The van der Waals surface area contributed by atoms with Crippen molar-refractivity contribution in [2.75, 3.05) is 6.54 Å². The Kier molecular flexibility index (Phi) is 4.51. The molecule has 3 rings (SSSR count). The van der Waals surface area contributed by atoms with Crippen molar-refractivity contribution >= 4 is 5.91 Å². The number of amides is 1. The van der Waals surface area contributed by atoms with Gasteiger partial charge in [0.1, 0.15) is 5.56 Å². The van der Waals surface area contributed by atoms with E-state index in [1.165, 1.54) is 15.8 Å². The fourth-order valence-electron chi connectivity index (χ4n) is 3.49. The van der Waals surface area contributed by atoms with Gasteiger partial charge in [-0.15, -0.1) is 0 Å². The number of nitrogens with zero attached hydrogens (tertiary/aromatic N) is 2. The van der Waals surface area contributed by atoms with Crippen molar-refractivity contribution in [2.24, 2.45) is 7.05 Å². The highest BCUT2D eigenvalue weighted by molar-refractivity contribution is 5.95. The van der Waals surface area contributed by atoms with Gasteiger partial charge in [0.25, 0.3) is 11.5 Å². The largest absolute Gasteiger partial charge is 0.351 e. The molecule has 0 unspecified atom stereocenters. The van der Waals surface area contributed by atoms with Crippen LogP contribution in [0.1, 0.15) is 51.5 Å². The van der Waals surface area contributed by atoms with Crippen molar-refractivity contribution in [3.05, 3.63) is 62.6 Å². The molecule has 0 spiro atoms. The normalized spacial score (nSPS) is 16.5. The predicted molar refractivity (Wildman–Crippen MR) is 93.4 cm³/mol. The highest BCUT2D eigenvalue weighted by atomic mass is 16.2. The second kappa shape index (κ2) is 6.59. The van der Waals surface area contributed by atoms with E-state index in [9.17, 15) is 9.59 Å². The molecule has 24 heavy (non-hydrogen) atoms. The molecule has 1 aromatic carbocycles. The zero-order valence-corrected chi connectivity index (χ0v) is 14.4. The van der Waals surface area contributed by atoms with Crippen molar-refractivity contribution in [2.45, 2.75) is 39.0 Å². The van der Waals surface area contributed by atoms with Crippen LogP contribution < -0.4 is 10.9 Å². The Labute approximate surface area is 141 Å². The molecule has 0 saturated carbocycles. The third-order valence-corrected chi connectivity index (χ3v) is 4.96. The second-order valence-corrected chi connectivity index (χ2v) is 6.51. The molecule has 5 heteroatoms. The van der Waals surface area contributed by atoms with E-state index in [1.807, 2.05) is 13.0 Å². The van der Waals surface area contributed by atoms with Crippen LogP contribution in [0.2, 0.25) is 0 Å². The van der Waals surface area contributed by atoms with E-state index in [-0.39, 0.29) is 17.0 Å². The second-order valence-electron chi connectivity index (χ2n) is 6.51. The maximum absolute atomic E-state index is 12.6. The van der Waals surface area contributed by atoms with E-state index in [2.05, 4.69) is 28.6 Å². The topological polar surface area (TPSA) is 64.0 Å². The molecule has 2 aromatic rings. The van der Waals surface area contributed by atoms with E-state index < -0.39 is 0 Å². The van der Waals surface area contributed by atoms with Gasteiger partial charge in [-0.2, -0.15) is 5.10 Å². The van der Waals surface area contributed by atoms with Crippen molar-refractivity contribution < 1.29 is 4.79 Å². The lowest BCUT2D eigenvalue weighted by Crippen LogP contribution is -2.37. The van der Waals surface area contributed by atoms with Crippen molar-refractivity contribution in [1.29, 1.82) is 0 Å². The SMILES string of the molecule is Cc1nn(C)c(=O)c(C(=O)NC[C@H]2CCCc3ccccc32)c1C. The molecule has 0 bridgehead atoms. The minimum Gasteiger partial charge on any atom is -0.351 e. The summed E-state index contributed by atoms with van der Waals surface area (Å²) in [4.78, 5) is 24.9. The molecule has 1 aliphatic rings. The lowest BCUT2D eigenvalue weighted by molar-refractivity contribution is 0.0947. The Bertz CT molecular complexity index is 839. The van der Waals surface area contributed by atoms with Crippen molar-refractivity contribution in [1.82, 2.24) is 15.1 Å². The summed E-state index contributed by atoms with van der Waals surface area (Å²) in [6.45, 7) is 4.14. The first kappa shape index (κ1) is 16.4. The van der Waals surface area contributed by atoms with Gasteiger partial charge in [-0.25, -0.2) is 4.68 Å². The standard InChI is InChI=1S/C19H23N3O2/c1-12-13(2)21-22(3)19(24)17(12)18(23)20-11-15-9-6-8-14-7-4-5-10-16(14)15/h4-5,7,10,15H,6,8-9,11H2,1-3H3,(H,20,23)/t15-/m1/s1. The Balaban J connectivity index is 1.80. The summed E-state index contributed by atoms with van der Waals surface area (Å²) in [6.07, 6.45) is 3.29. The third kappa shape index (κ3) is 2.98. The van der Waals surface area contributed by atoms with E-state index in [0.717, 1.165) is 19.3 Å². The van der Waals surface area contributed by atoms with Crippen LogP contribution in [0.25, 0.3) is 0 Å². The number of hydrogen-bond donors (Lipinski definition) is 1. The number of nitrogens with one attached hydrogen (secondary N) is 1. The molecule has 0 saturated heterocycles. The molecular formula is C19H23N3O2. The van der Waals surface area contributed by atoms with Gasteiger partial charge in [0.05, 0.1) is 5.69 Å². The van der Waals surface area contributed by atoms with Crippen LogP contribution in [0.15, 0.2) is 29.1 Å². The molecule has 1 heterocycles. The zero-order chi connectivity index (χ0) is 17.3. The minimum absolute atomic E-state index is 0.203. The Morgan fingerprint density at radius 1 is 1.33 bits per heavy atom. The highest BCUT2D eigenvalue weighted by Crippen LogP contribution is 2.30. The van der Waals surface area contributed by atoms with E-state index in [0.29, 0.717) is 23.7 Å². The number of rotatable bonds is 3. The Morgan fingerprint density at radius 3 is 2.88 bits per heavy atom. The van der Waals surface area contributed by atoms with Crippen LogP contribution in [-0.4, -0.2) is 22.2 Å². The smallest absolute Gasteiger partial charge is 0.279 e. The van der Waals surface area contributed by atoms with Crippen LogP contribution in [0.3, 0.4) is 0 Å². The van der Waals surface area contributed by atoms with Gasteiger partial charge in [0, 0.05) is 19.5 Å². The van der Waals surface area contributed by atoms with Gasteiger partial charge in [0.2, 0.25) is 0 Å². The molecule has 0 fully saturated rings. The van der Waals surface area contributed by atoms with Crippen molar-refractivity contribution in [3.63, 3.8) is 0 Å². The minimum atomic E-state index is -0.348. The van der Waals surface area contributed by atoms with Gasteiger partial charge in [-0.05, 0) is 49.8 Å². The average Bonchev–Trinajstić information content (AvgIpc) is 2.58. The molecular weight excluding hydrogens is 302 g/mol. The molecule has 1 N–H and O–H groups in total. The predicted octanol–water partition coefficient (Wildman–Crippen LogP) is 2.25. The monoisotopic (exact) mass is 325 g/mol. The van der Waals surface area contributed by atoms with Crippen LogP contribution in [0.5, 0.6) is 0 Å². The Morgan fingerprint density at radius 2 is 2.08 bits per heavy atom. The first-order valence-corrected chi connectivity index (χ1v) is 8.39. The van der Waals surface area contributed by atoms with Crippen LogP contribution >= 0.6 is 0 Å². The lowest BCUT2D eigenvalue weighted by Gasteiger charge is -2.25.